The molecule has 0 spiro atoms. The lowest BCUT2D eigenvalue weighted by molar-refractivity contribution is -0.168. The third kappa shape index (κ3) is 6.23. The first-order chi connectivity index (χ1) is 6.99. The molecule has 0 saturated heterocycles. The maximum Gasteiger partial charge on any atom is 0.245 e. The largest absolute Gasteiger partial charge is 0.300 e. The lowest BCUT2D eigenvalue weighted by atomic mass is 10.00. The highest BCUT2D eigenvalue weighted by atomic mass is 16.7. The number of hydroxylamine groups is 2. The number of amides is 1. The van der Waals surface area contributed by atoms with Crippen molar-refractivity contribution in [3.63, 3.8) is 0 Å². The summed E-state index contributed by atoms with van der Waals surface area (Å²) in [6.45, 7) is 3.53. The maximum atomic E-state index is 11.3. The quantitative estimate of drug-likeness (QED) is 0.480. The molecule has 0 radical (unpaired) electrons. The van der Waals surface area contributed by atoms with Crippen molar-refractivity contribution < 1.29 is 14.4 Å². The summed E-state index contributed by atoms with van der Waals surface area (Å²) >= 11 is 0. The fraction of sp³-hybridized carbons (Fsp3) is 0.818. The molecule has 1 unspecified atom stereocenters. The van der Waals surface area contributed by atoms with E-state index in [-0.39, 0.29) is 17.6 Å². The normalized spacial score (nSPS) is 12.3. The van der Waals surface area contributed by atoms with Gasteiger partial charge in [-0.1, -0.05) is 13.3 Å². The Kier molecular flexibility index (Phi) is 6.96. The first-order valence-electron chi connectivity index (χ1n) is 5.30. The van der Waals surface area contributed by atoms with Crippen LogP contribution in [0.4, 0.5) is 0 Å². The molecule has 4 nitrogen and oxygen atoms in total. The number of unbranched alkanes of at least 4 members (excludes halogenated alkanes) is 1. The zero-order valence-corrected chi connectivity index (χ0v) is 10.1. The second-order valence-corrected chi connectivity index (χ2v) is 3.83. The monoisotopic (exact) mass is 215 g/mol. The Morgan fingerprint density at radius 1 is 1.33 bits per heavy atom. The van der Waals surface area contributed by atoms with Crippen LogP contribution < -0.4 is 0 Å². The number of nitrogens with zero attached hydrogens (tertiary/aromatic N) is 1. The van der Waals surface area contributed by atoms with Crippen LogP contribution in [0.2, 0.25) is 0 Å². The number of hydrogen-bond donors (Lipinski definition) is 0. The van der Waals surface area contributed by atoms with Crippen LogP contribution in [-0.4, -0.2) is 30.9 Å². The summed E-state index contributed by atoms with van der Waals surface area (Å²) in [5.74, 6) is 0.309. The summed E-state index contributed by atoms with van der Waals surface area (Å²) in [7, 11) is 3.07. The number of rotatable bonds is 7. The van der Waals surface area contributed by atoms with Crippen molar-refractivity contribution in [1.82, 2.24) is 5.06 Å². The lowest BCUT2D eigenvalue weighted by Gasteiger charge is -2.13. The van der Waals surface area contributed by atoms with Gasteiger partial charge < -0.3 is 0 Å². The van der Waals surface area contributed by atoms with Crippen LogP contribution >= 0.6 is 0 Å². The van der Waals surface area contributed by atoms with E-state index in [4.69, 9.17) is 4.84 Å². The Hall–Kier alpha value is -0.900. The van der Waals surface area contributed by atoms with Crippen molar-refractivity contribution in [1.29, 1.82) is 0 Å². The molecule has 0 aromatic rings. The second-order valence-electron chi connectivity index (χ2n) is 3.83. The molecule has 0 aliphatic carbocycles. The molecule has 0 aromatic heterocycles. The minimum absolute atomic E-state index is 0.0204. The predicted molar refractivity (Wildman–Crippen MR) is 58.1 cm³/mol. The SMILES string of the molecule is CON(C)C(=O)CCCCC(C)C(C)=O. The zero-order valence-electron chi connectivity index (χ0n) is 10.1. The Balaban J connectivity index is 3.54. The number of ketones is 1. The van der Waals surface area contributed by atoms with Gasteiger partial charge in [0.2, 0.25) is 5.91 Å². The third-order valence-corrected chi connectivity index (χ3v) is 2.60. The van der Waals surface area contributed by atoms with Crippen LogP contribution in [0.3, 0.4) is 0 Å². The molecule has 0 bridgehead atoms. The molecule has 0 rings (SSSR count). The van der Waals surface area contributed by atoms with E-state index >= 15 is 0 Å². The van der Waals surface area contributed by atoms with E-state index in [9.17, 15) is 9.59 Å². The number of carbonyl (C=O) groups is 2. The Morgan fingerprint density at radius 3 is 2.40 bits per heavy atom. The number of carbonyl (C=O) groups excluding carboxylic acids is 2. The Morgan fingerprint density at radius 2 is 1.93 bits per heavy atom. The van der Waals surface area contributed by atoms with Crippen LogP contribution in [0.25, 0.3) is 0 Å². The maximum absolute atomic E-state index is 11.3. The van der Waals surface area contributed by atoms with Gasteiger partial charge in [0.1, 0.15) is 5.78 Å². The molecule has 0 aromatic carbocycles. The highest BCUT2D eigenvalue weighted by Crippen LogP contribution is 2.10. The van der Waals surface area contributed by atoms with Crippen LogP contribution in [0.5, 0.6) is 0 Å². The van der Waals surface area contributed by atoms with Gasteiger partial charge in [0.25, 0.3) is 0 Å². The molecule has 0 N–H and O–H groups in total. The van der Waals surface area contributed by atoms with Gasteiger partial charge in [-0.05, 0) is 19.8 Å². The standard InChI is InChI=1S/C11H21NO3/c1-9(10(2)13)7-5-6-8-11(14)12(3)15-4/h9H,5-8H2,1-4H3. The third-order valence-electron chi connectivity index (χ3n) is 2.60. The van der Waals surface area contributed by atoms with Gasteiger partial charge in [-0.2, -0.15) is 0 Å². The van der Waals surface area contributed by atoms with Crippen LogP contribution in [0.1, 0.15) is 39.5 Å². The molecular formula is C11H21NO3. The van der Waals surface area contributed by atoms with E-state index in [0.717, 1.165) is 19.3 Å². The Bertz CT molecular complexity index is 216. The molecule has 1 amide bonds. The van der Waals surface area contributed by atoms with Crippen LogP contribution in [0, 0.1) is 5.92 Å². The fourth-order valence-electron chi connectivity index (χ4n) is 1.19. The van der Waals surface area contributed by atoms with Gasteiger partial charge in [-0.25, -0.2) is 5.06 Å². The van der Waals surface area contributed by atoms with Crippen molar-refractivity contribution in [2.45, 2.75) is 39.5 Å². The summed E-state index contributed by atoms with van der Waals surface area (Å²) in [5, 5.41) is 1.23. The number of Topliss-reactive ketones (excluding diaryl/α,β-unsaturated/α-hetero) is 1. The molecule has 0 fully saturated rings. The van der Waals surface area contributed by atoms with Crippen LogP contribution in [-0.2, 0) is 14.4 Å². The molecule has 0 aliphatic rings. The van der Waals surface area contributed by atoms with Crippen molar-refractivity contribution in [2.24, 2.45) is 5.92 Å². The molecular weight excluding hydrogens is 194 g/mol. The van der Waals surface area contributed by atoms with Crippen LogP contribution in [0.15, 0.2) is 0 Å². The van der Waals surface area contributed by atoms with E-state index in [0.29, 0.717) is 6.42 Å². The van der Waals surface area contributed by atoms with Gasteiger partial charge in [0.15, 0.2) is 0 Å². The minimum Gasteiger partial charge on any atom is -0.300 e. The van der Waals surface area contributed by atoms with Gasteiger partial charge in [0, 0.05) is 19.4 Å². The second kappa shape index (κ2) is 7.40. The van der Waals surface area contributed by atoms with Gasteiger partial charge in [-0.3, -0.25) is 14.4 Å². The molecule has 0 heterocycles. The van der Waals surface area contributed by atoms with Crippen molar-refractivity contribution in [3.05, 3.63) is 0 Å². The van der Waals surface area contributed by atoms with Crippen molar-refractivity contribution in [3.8, 4) is 0 Å². The highest BCUT2D eigenvalue weighted by molar-refractivity contribution is 5.77. The van der Waals surface area contributed by atoms with E-state index in [2.05, 4.69) is 0 Å². The topological polar surface area (TPSA) is 46.6 Å². The van der Waals surface area contributed by atoms with E-state index in [1.807, 2.05) is 6.92 Å². The molecule has 15 heavy (non-hydrogen) atoms. The molecule has 4 heteroatoms. The van der Waals surface area contributed by atoms with Crippen molar-refractivity contribution in [2.75, 3.05) is 14.2 Å². The zero-order chi connectivity index (χ0) is 11.8. The van der Waals surface area contributed by atoms with E-state index in [1.54, 1.807) is 14.0 Å². The first kappa shape index (κ1) is 14.1. The summed E-state index contributed by atoms with van der Waals surface area (Å²) < 4.78 is 0. The summed E-state index contributed by atoms with van der Waals surface area (Å²) in [4.78, 5) is 27.0. The van der Waals surface area contributed by atoms with E-state index in [1.165, 1.54) is 12.2 Å². The predicted octanol–water partition coefficient (Wildman–Crippen LogP) is 1.79. The minimum atomic E-state index is -0.0204. The molecule has 0 saturated carbocycles. The first-order valence-corrected chi connectivity index (χ1v) is 5.30. The molecule has 88 valence electrons. The van der Waals surface area contributed by atoms with Gasteiger partial charge >= 0.3 is 0 Å². The average Bonchev–Trinajstić information content (AvgIpc) is 2.22. The summed E-state index contributed by atoms with van der Waals surface area (Å²) in [5.41, 5.74) is 0. The van der Waals surface area contributed by atoms with Gasteiger partial charge in [0.05, 0.1) is 7.11 Å². The summed E-state index contributed by atoms with van der Waals surface area (Å²) in [6, 6.07) is 0. The fourth-order valence-corrected chi connectivity index (χ4v) is 1.19. The highest BCUT2D eigenvalue weighted by Gasteiger charge is 2.09. The van der Waals surface area contributed by atoms with Gasteiger partial charge in [-0.15, -0.1) is 0 Å². The lowest BCUT2D eigenvalue weighted by Crippen LogP contribution is -2.24. The Labute approximate surface area is 91.5 Å². The van der Waals surface area contributed by atoms with Crippen molar-refractivity contribution >= 4 is 11.7 Å². The van der Waals surface area contributed by atoms with E-state index < -0.39 is 0 Å². The average molecular weight is 215 g/mol. The molecule has 0 aliphatic heterocycles. The molecule has 1 atom stereocenters. The smallest absolute Gasteiger partial charge is 0.245 e. The number of hydrogen-bond acceptors (Lipinski definition) is 3. The summed E-state index contributed by atoms with van der Waals surface area (Å²) in [6.07, 6.45) is 3.06.